The van der Waals surface area contributed by atoms with Crippen molar-refractivity contribution >= 4 is 29.0 Å². The monoisotopic (exact) mass is 352 g/mol. The first-order chi connectivity index (χ1) is 12.1. The molecule has 2 aromatic carbocycles. The summed E-state index contributed by atoms with van der Waals surface area (Å²) in [5.41, 5.74) is 2.09. The summed E-state index contributed by atoms with van der Waals surface area (Å²) in [5.74, 6) is 0.344. The Morgan fingerprint density at radius 2 is 1.72 bits per heavy atom. The number of rotatable bonds is 5. The molecule has 0 aliphatic rings. The fraction of sp³-hybridized carbons (Fsp3) is 0.105. The van der Waals surface area contributed by atoms with Gasteiger partial charge in [-0.25, -0.2) is 0 Å². The predicted molar refractivity (Wildman–Crippen MR) is 99.0 cm³/mol. The molecular formula is C19H17ClN4O. The second-order valence-corrected chi connectivity index (χ2v) is 5.96. The first-order valence-corrected chi connectivity index (χ1v) is 8.16. The minimum Gasteiger partial charge on any atom is -0.338 e. The molecule has 126 valence electrons. The second kappa shape index (κ2) is 7.77. The largest absolute Gasteiger partial charge is 0.338 e. The average molecular weight is 353 g/mol. The number of hydrogen-bond acceptors (Lipinski definition) is 4. The Labute approximate surface area is 151 Å². The normalized spacial score (nSPS) is 10.3. The molecule has 0 unspecified atom stereocenters. The molecular weight excluding hydrogens is 336 g/mol. The second-order valence-electron chi connectivity index (χ2n) is 5.56. The molecule has 0 saturated heterocycles. The van der Waals surface area contributed by atoms with Gasteiger partial charge in [0.05, 0.1) is 10.7 Å². The molecule has 5 nitrogen and oxygen atoms in total. The van der Waals surface area contributed by atoms with E-state index in [1.54, 1.807) is 30.1 Å². The molecule has 25 heavy (non-hydrogen) atoms. The van der Waals surface area contributed by atoms with Crippen molar-refractivity contribution in [1.82, 2.24) is 15.1 Å². The molecule has 0 aliphatic carbocycles. The van der Waals surface area contributed by atoms with Crippen LogP contribution in [0.3, 0.4) is 0 Å². The van der Waals surface area contributed by atoms with Crippen molar-refractivity contribution in [3.05, 3.63) is 83.0 Å². The van der Waals surface area contributed by atoms with Gasteiger partial charge in [0.2, 0.25) is 0 Å². The Kier molecular flexibility index (Phi) is 5.26. The maximum Gasteiger partial charge on any atom is 0.274 e. The fourth-order valence-electron chi connectivity index (χ4n) is 2.34. The lowest BCUT2D eigenvalue weighted by Gasteiger charge is -2.16. The van der Waals surface area contributed by atoms with Crippen LogP contribution in [0.1, 0.15) is 16.1 Å². The van der Waals surface area contributed by atoms with Crippen LogP contribution < -0.4 is 5.32 Å². The van der Waals surface area contributed by atoms with Crippen LogP contribution in [-0.4, -0.2) is 28.1 Å². The van der Waals surface area contributed by atoms with Gasteiger partial charge in [0.15, 0.2) is 11.5 Å². The van der Waals surface area contributed by atoms with Crippen LogP contribution in [0.4, 0.5) is 11.5 Å². The van der Waals surface area contributed by atoms with Crippen molar-refractivity contribution in [3.8, 4) is 0 Å². The molecule has 0 bridgehead atoms. The van der Waals surface area contributed by atoms with E-state index in [1.807, 2.05) is 48.5 Å². The Hall–Kier alpha value is -2.92. The number of aromatic nitrogens is 2. The Morgan fingerprint density at radius 1 is 1.00 bits per heavy atom. The lowest BCUT2D eigenvalue weighted by Crippen LogP contribution is -2.27. The van der Waals surface area contributed by atoms with E-state index in [2.05, 4.69) is 15.5 Å². The van der Waals surface area contributed by atoms with Gasteiger partial charge in [-0.1, -0.05) is 54.1 Å². The summed E-state index contributed by atoms with van der Waals surface area (Å²) < 4.78 is 0. The van der Waals surface area contributed by atoms with E-state index in [0.717, 1.165) is 11.3 Å². The number of hydrogen-bond donors (Lipinski definition) is 1. The summed E-state index contributed by atoms with van der Waals surface area (Å²) in [4.78, 5) is 14.1. The number of amides is 1. The van der Waals surface area contributed by atoms with Crippen molar-refractivity contribution in [2.45, 2.75) is 6.54 Å². The van der Waals surface area contributed by atoms with E-state index in [0.29, 0.717) is 23.1 Å². The third-order valence-electron chi connectivity index (χ3n) is 3.63. The van der Waals surface area contributed by atoms with Crippen LogP contribution in [-0.2, 0) is 6.54 Å². The molecule has 0 spiro atoms. The number of nitrogens with one attached hydrogen (secondary N) is 1. The highest BCUT2D eigenvalue weighted by Gasteiger charge is 2.14. The van der Waals surface area contributed by atoms with E-state index >= 15 is 0 Å². The number of nitrogens with zero attached hydrogens (tertiary/aromatic N) is 3. The summed E-state index contributed by atoms with van der Waals surface area (Å²) in [5, 5.41) is 11.7. The predicted octanol–water partition coefficient (Wildman–Crippen LogP) is 4.15. The number of para-hydroxylation sites is 1. The van der Waals surface area contributed by atoms with E-state index in [1.165, 1.54) is 0 Å². The molecule has 0 radical (unpaired) electrons. The third-order valence-corrected chi connectivity index (χ3v) is 3.96. The van der Waals surface area contributed by atoms with Crippen LogP contribution in [0.15, 0.2) is 66.7 Å². The average Bonchev–Trinajstić information content (AvgIpc) is 2.64. The summed E-state index contributed by atoms with van der Waals surface area (Å²) >= 11 is 6.10. The highest BCUT2D eigenvalue weighted by Crippen LogP contribution is 2.23. The van der Waals surface area contributed by atoms with Crippen molar-refractivity contribution in [3.63, 3.8) is 0 Å². The van der Waals surface area contributed by atoms with Gasteiger partial charge in [-0.15, -0.1) is 10.2 Å². The maximum absolute atomic E-state index is 12.5. The van der Waals surface area contributed by atoms with Crippen molar-refractivity contribution < 1.29 is 4.79 Å². The van der Waals surface area contributed by atoms with Crippen molar-refractivity contribution in [2.24, 2.45) is 0 Å². The Bertz CT molecular complexity index is 853. The van der Waals surface area contributed by atoms with Gasteiger partial charge in [-0.3, -0.25) is 4.79 Å². The zero-order valence-corrected chi connectivity index (χ0v) is 14.4. The van der Waals surface area contributed by atoms with E-state index in [9.17, 15) is 4.79 Å². The van der Waals surface area contributed by atoms with Gasteiger partial charge in [-0.2, -0.15) is 0 Å². The van der Waals surface area contributed by atoms with Crippen LogP contribution >= 0.6 is 11.6 Å². The van der Waals surface area contributed by atoms with Gasteiger partial charge in [-0.05, 0) is 29.8 Å². The lowest BCUT2D eigenvalue weighted by atomic mass is 10.2. The number of carbonyl (C=O) groups is 1. The van der Waals surface area contributed by atoms with Crippen molar-refractivity contribution in [2.75, 3.05) is 12.4 Å². The first kappa shape index (κ1) is 16.9. The Balaban J connectivity index is 1.67. The van der Waals surface area contributed by atoms with E-state index < -0.39 is 0 Å². The van der Waals surface area contributed by atoms with Gasteiger partial charge in [0.1, 0.15) is 0 Å². The van der Waals surface area contributed by atoms with Crippen LogP contribution in [0, 0.1) is 0 Å². The van der Waals surface area contributed by atoms with E-state index in [-0.39, 0.29) is 5.91 Å². The van der Waals surface area contributed by atoms with Crippen LogP contribution in [0.5, 0.6) is 0 Å². The molecule has 1 aromatic heterocycles. The number of benzene rings is 2. The molecule has 0 fully saturated rings. The maximum atomic E-state index is 12.5. The molecule has 0 aliphatic heterocycles. The zero-order valence-electron chi connectivity index (χ0n) is 13.7. The zero-order chi connectivity index (χ0) is 17.6. The number of halogens is 1. The molecule has 0 atom stereocenters. The highest BCUT2D eigenvalue weighted by atomic mass is 35.5. The number of anilines is 2. The van der Waals surface area contributed by atoms with Gasteiger partial charge >= 0.3 is 0 Å². The van der Waals surface area contributed by atoms with Gasteiger partial charge in [0.25, 0.3) is 5.91 Å². The fourth-order valence-corrected chi connectivity index (χ4v) is 2.52. The highest BCUT2D eigenvalue weighted by molar-refractivity contribution is 6.33. The topological polar surface area (TPSA) is 58.1 Å². The minimum atomic E-state index is -0.180. The minimum absolute atomic E-state index is 0.180. The SMILES string of the molecule is CN(Cc1ccccc1)C(=O)c1ccc(Nc2ccccc2Cl)nn1. The molecule has 0 saturated carbocycles. The molecule has 3 aromatic rings. The summed E-state index contributed by atoms with van der Waals surface area (Å²) in [6.45, 7) is 0.515. The molecule has 1 heterocycles. The summed E-state index contributed by atoms with van der Waals surface area (Å²) in [6, 6.07) is 20.5. The summed E-state index contributed by atoms with van der Waals surface area (Å²) in [6.07, 6.45) is 0. The molecule has 6 heteroatoms. The third kappa shape index (κ3) is 4.33. The molecule has 3 rings (SSSR count). The van der Waals surface area contributed by atoms with Crippen LogP contribution in [0.2, 0.25) is 5.02 Å². The molecule has 1 amide bonds. The molecule has 1 N–H and O–H groups in total. The summed E-state index contributed by atoms with van der Waals surface area (Å²) in [7, 11) is 1.74. The Morgan fingerprint density at radius 3 is 2.40 bits per heavy atom. The van der Waals surface area contributed by atoms with Crippen molar-refractivity contribution in [1.29, 1.82) is 0 Å². The van der Waals surface area contributed by atoms with Crippen LogP contribution in [0.25, 0.3) is 0 Å². The quantitative estimate of drug-likeness (QED) is 0.749. The number of carbonyl (C=O) groups excluding carboxylic acids is 1. The first-order valence-electron chi connectivity index (χ1n) is 7.78. The van der Waals surface area contributed by atoms with Gasteiger partial charge in [0, 0.05) is 13.6 Å². The smallest absolute Gasteiger partial charge is 0.274 e. The lowest BCUT2D eigenvalue weighted by molar-refractivity contribution is 0.0778. The standard InChI is InChI=1S/C19H17ClN4O/c1-24(13-14-7-3-2-4-8-14)19(25)17-11-12-18(23-22-17)21-16-10-6-5-9-15(16)20/h2-12H,13H2,1H3,(H,21,23). The van der Waals surface area contributed by atoms with E-state index in [4.69, 9.17) is 11.6 Å². The van der Waals surface area contributed by atoms with Gasteiger partial charge < -0.3 is 10.2 Å².